The zero-order valence-electron chi connectivity index (χ0n) is 16.9. The summed E-state index contributed by atoms with van der Waals surface area (Å²) in [6, 6.07) is 16.0. The van der Waals surface area contributed by atoms with Crippen LogP contribution in [0.15, 0.2) is 64.2 Å². The van der Waals surface area contributed by atoms with Gasteiger partial charge in [0.1, 0.15) is 11.3 Å². The van der Waals surface area contributed by atoms with E-state index in [1.807, 2.05) is 37.3 Å². The van der Waals surface area contributed by atoms with Gasteiger partial charge in [0.05, 0.1) is 11.8 Å². The van der Waals surface area contributed by atoms with E-state index in [-0.39, 0.29) is 23.6 Å². The monoisotopic (exact) mass is 436 g/mol. The summed E-state index contributed by atoms with van der Waals surface area (Å²) in [6.45, 7) is 1.87. The molecule has 2 aromatic carbocycles. The number of para-hydroxylation sites is 1. The number of fused-ring (bicyclic) bond motifs is 1. The van der Waals surface area contributed by atoms with E-state index in [1.54, 1.807) is 31.3 Å². The number of benzene rings is 2. The van der Waals surface area contributed by atoms with Crippen LogP contribution in [-0.4, -0.2) is 37.8 Å². The Morgan fingerprint density at radius 3 is 2.65 bits per heavy atom. The number of carbonyl (C=O) groups is 2. The number of tetrazole rings is 1. The summed E-state index contributed by atoms with van der Waals surface area (Å²) in [5, 5.41) is 18.3. The molecule has 0 unspecified atom stereocenters. The van der Waals surface area contributed by atoms with Gasteiger partial charge in [0.2, 0.25) is 11.1 Å². The Bertz CT molecular complexity index is 1180. The maximum absolute atomic E-state index is 12.6. The van der Waals surface area contributed by atoms with Crippen molar-refractivity contribution in [1.29, 1.82) is 0 Å². The van der Waals surface area contributed by atoms with Crippen LogP contribution in [0.4, 0.5) is 5.69 Å². The summed E-state index contributed by atoms with van der Waals surface area (Å²) in [4.78, 5) is 24.7. The molecule has 0 aliphatic rings. The Labute approximate surface area is 182 Å². The average Bonchev–Trinajstić information content (AvgIpc) is 3.38. The Hall–Kier alpha value is -3.66. The van der Waals surface area contributed by atoms with Crippen molar-refractivity contribution in [3.63, 3.8) is 0 Å². The molecule has 31 heavy (non-hydrogen) atoms. The number of nitrogens with zero attached hydrogens (tertiary/aromatic N) is 4. The molecule has 0 aliphatic heterocycles. The summed E-state index contributed by atoms with van der Waals surface area (Å²) < 4.78 is 7.31. The lowest BCUT2D eigenvalue weighted by Crippen LogP contribution is -2.26. The minimum absolute atomic E-state index is 0.172. The second-order valence-electron chi connectivity index (χ2n) is 6.88. The van der Waals surface area contributed by atoms with Crippen LogP contribution in [0.1, 0.15) is 29.1 Å². The van der Waals surface area contributed by atoms with Crippen LogP contribution < -0.4 is 10.6 Å². The molecule has 0 saturated heterocycles. The number of thioether (sulfide) groups is 1. The second kappa shape index (κ2) is 9.00. The molecule has 4 rings (SSSR count). The number of hydrogen-bond donors (Lipinski definition) is 2. The number of carbonyl (C=O) groups excluding carboxylic acids is 2. The van der Waals surface area contributed by atoms with Crippen molar-refractivity contribution in [3.05, 3.63) is 65.9 Å². The lowest BCUT2D eigenvalue weighted by molar-refractivity contribution is -0.113. The fourth-order valence-corrected chi connectivity index (χ4v) is 3.59. The lowest BCUT2D eigenvalue weighted by atomic mass is 10.1. The lowest BCUT2D eigenvalue weighted by Gasteiger charge is -2.12. The van der Waals surface area contributed by atoms with E-state index in [2.05, 4.69) is 26.2 Å². The van der Waals surface area contributed by atoms with Crippen LogP contribution >= 0.6 is 11.8 Å². The first-order valence-electron chi connectivity index (χ1n) is 9.54. The van der Waals surface area contributed by atoms with Gasteiger partial charge >= 0.3 is 0 Å². The summed E-state index contributed by atoms with van der Waals surface area (Å²) >= 11 is 1.24. The number of aromatic nitrogens is 4. The predicted molar refractivity (Wildman–Crippen MR) is 117 cm³/mol. The Morgan fingerprint density at radius 2 is 1.94 bits per heavy atom. The third-order valence-corrected chi connectivity index (χ3v) is 5.57. The molecule has 0 radical (unpaired) electrons. The Morgan fingerprint density at radius 1 is 1.16 bits per heavy atom. The van der Waals surface area contributed by atoms with E-state index in [4.69, 9.17) is 4.42 Å². The highest BCUT2D eigenvalue weighted by atomic mass is 32.2. The third kappa shape index (κ3) is 4.92. The second-order valence-corrected chi connectivity index (χ2v) is 7.82. The molecule has 2 aromatic heterocycles. The highest BCUT2D eigenvalue weighted by molar-refractivity contribution is 7.99. The fourth-order valence-electron chi connectivity index (χ4n) is 2.94. The number of anilines is 1. The van der Waals surface area contributed by atoms with Gasteiger partial charge in [0.25, 0.3) is 5.91 Å². The van der Waals surface area contributed by atoms with Crippen molar-refractivity contribution in [2.75, 3.05) is 11.1 Å². The van der Waals surface area contributed by atoms with Crippen molar-refractivity contribution in [2.24, 2.45) is 7.05 Å². The first kappa shape index (κ1) is 20.6. The van der Waals surface area contributed by atoms with Crippen LogP contribution in [0.3, 0.4) is 0 Å². The predicted octanol–water partition coefficient (Wildman–Crippen LogP) is 3.18. The molecule has 1 atom stereocenters. The standard InChI is InChI=1S/C21H20N6O3S/c1-13(18-11-15-5-3-4-6-17(15)30-18)22-20(29)14-7-9-16(10-8-14)23-19(28)12-31-21-24-25-26-27(21)2/h3-11,13H,12H2,1-2H3,(H,22,29)(H,23,28)/t13-/m0/s1. The van der Waals surface area contributed by atoms with Gasteiger partial charge in [-0.2, -0.15) is 0 Å². The fraction of sp³-hybridized carbons (Fsp3) is 0.190. The largest absolute Gasteiger partial charge is 0.459 e. The quantitative estimate of drug-likeness (QED) is 0.428. The van der Waals surface area contributed by atoms with E-state index in [0.717, 1.165) is 11.0 Å². The van der Waals surface area contributed by atoms with Crippen molar-refractivity contribution in [2.45, 2.75) is 18.1 Å². The molecule has 2 heterocycles. The van der Waals surface area contributed by atoms with Crippen LogP contribution in [0.2, 0.25) is 0 Å². The van der Waals surface area contributed by atoms with E-state index in [9.17, 15) is 9.59 Å². The summed E-state index contributed by atoms with van der Waals surface area (Å²) in [5.41, 5.74) is 1.87. The Balaban J connectivity index is 1.32. The summed E-state index contributed by atoms with van der Waals surface area (Å²) in [6.07, 6.45) is 0. The number of rotatable bonds is 7. The van der Waals surface area contributed by atoms with E-state index < -0.39 is 0 Å². The number of aryl methyl sites for hydroxylation is 1. The SMILES string of the molecule is C[C@H](NC(=O)c1ccc(NC(=O)CSc2nnnn2C)cc1)c1cc2ccccc2o1. The highest BCUT2D eigenvalue weighted by Crippen LogP contribution is 2.24. The molecule has 0 saturated carbocycles. The van der Waals surface area contributed by atoms with Crippen molar-refractivity contribution in [1.82, 2.24) is 25.5 Å². The van der Waals surface area contributed by atoms with Crippen molar-refractivity contribution >= 4 is 40.2 Å². The molecule has 9 nitrogen and oxygen atoms in total. The van der Waals surface area contributed by atoms with Crippen LogP contribution in [0.25, 0.3) is 11.0 Å². The molecule has 4 aromatic rings. The van der Waals surface area contributed by atoms with Crippen LogP contribution in [-0.2, 0) is 11.8 Å². The Kier molecular flexibility index (Phi) is 5.99. The number of nitrogens with one attached hydrogen (secondary N) is 2. The maximum Gasteiger partial charge on any atom is 0.251 e. The number of furan rings is 1. The first-order valence-corrected chi connectivity index (χ1v) is 10.5. The van der Waals surface area contributed by atoms with E-state index in [0.29, 0.717) is 22.2 Å². The molecular weight excluding hydrogens is 416 g/mol. The third-order valence-electron chi connectivity index (χ3n) is 4.56. The molecule has 0 spiro atoms. The minimum atomic E-state index is -0.286. The topological polar surface area (TPSA) is 115 Å². The summed E-state index contributed by atoms with van der Waals surface area (Å²) in [5.74, 6) is 0.444. The normalized spacial score (nSPS) is 11.9. The van der Waals surface area contributed by atoms with Gasteiger partial charge in [-0.3, -0.25) is 9.59 Å². The maximum atomic E-state index is 12.6. The van der Waals surface area contributed by atoms with Gasteiger partial charge in [-0.25, -0.2) is 4.68 Å². The first-order chi connectivity index (χ1) is 15.0. The zero-order chi connectivity index (χ0) is 21.8. The van der Waals surface area contributed by atoms with Crippen molar-refractivity contribution in [3.8, 4) is 0 Å². The molecular formula is C21H20N6O3S. The smallest absolute Gasteiger partial charge is 0.251 e. The van der Waals surface area contributed by atoms with Crippen molar-refractivity contribution < 1.29 is 14.0 Å². The molecule has 0 aliphatic carbocycles. The molecule has 0 bridgehead atoms. The van der Waals surface area contributed by atoms with Gasteiger partial charge in [0, 0.05) is 23.7 Å². The van der Waals surface area contributed by atoms with E-state index >= 15 is 0 Å². The molecule has 158 valence electrons. The minimum Gasteiger partial charge on any atom is -0.459 e. The molecule has 0 fully saturated rings. The highest BCUT2D eigenvalue weighted by Gasteiger charge is 2.15. The average molecular weight is 436 g/mol. The van der Waals surface area contributed by atoms with Gasteiger partial charge in [0.15, 0.2) is 0 Å². The van der Waals surface area contributed by atoms with Gasteiger partial charge in [-0.15, -0.1) is 5.10 Å². The number of hydrogen-bond acceptors (Lipinski definition) is 7. The van der Waals surface area contributed by atoms with Crippen LogP contribution in [0, 0.1) is 0 Å². The molecule has 10 heteroatoms. The van der Waals surface area contributed by atoms with Gasteiger partial charge < -0.3 is 15.1 Å². The molecule has 2 amide bonds. The van der Waals surface area contributed by atoms with Gasteiger partial charge in [-0.05, 0) is 53.7 Å². The van der Waals surface area contributed by atoms with Gasteiger partial charge in [-0.1, -0.05) is 30.0 Å². The molecule has 2 N–H and O–H groups in total. The van der Waals surface area contributed by atoms with Crippen LogP contribution in [0.5, 0.6) is 0 Å². The van der Waals surface area contributed by atoms with E-state index in [1.165, 1.54) is 16.4 Å². The summed E-state index contributed by atoms with van der Waals surface area (Å²) in [7, 11) is 1.71. The number of amides is 2. The zero-order valence-corrected chi connectivity index (χ0v) is 17.7.